The molecule has 3 rings (SSSR count). The summed E-state index contributed by atoms with van der Waals surface area (Å²) in [5.74, 6) is 2.56. The second-order valence-electron chi connectivity index (χ2n) is 7.32. The molecular formula is C17H27N5O2. The normalized spacial score (nSPS) is 21.1. The van der Waals surface area contributed by atoms with E-state index in [-0.39, 0.29) is 17.6 Å². The lowest BCUT2D eigenvalue weighted by atomic mass is 9.94. The zero-order valence-corrected chi connectivity index (χ0v) is 15.2. The lowest BCUT2D eigenvalue weighted by Crippen LogP contribution is -2.40. The molecule has 0 N–H and O–H groups in total. The minimum absolute atomic E-state index is 0.0317. The van der Waals surface area contributed by atoms with Crippen LogP contribution in [0.3, 0.4) is 0 Å². The van der Waals surface area contributed by atoms with Crippen molar-refractivity contribution in [1.29, 1.82) is 0 Å². The second kappa shape index (κ2) is 6.64. The van der Waals surface area contributed by atoms with Crippen molar-refractivity contribution in [3.63, 3.8) is 0 Å². The van der Waals surface area contributed by atoms with Crippen molar-refractivity contribution in [2.75, 3.05) is 19.7 Å². The Labute approximate surface area is 143 Å². The van der Waals surface area contributed by atoms with Crippen molar-refractivity contribution in [2.24, 2.45) is 0 Å². The number of aryl methyl sites for hydroxylation is 1. The van der Waals surface area contributed by atoms with Gasteiger partial charge in [-0.25, -0.2) is 4.98 Å². The Kier molecular flexibility index (Phi) is 4.73. The average Bonchev–Trinajstić information content (AvgIpc) is 3.22. The van der Waals surface area contributed by atoms with E-state index in [4.69, 9.17) is 9.15 Å². The van der Waals surface area contributed by atoms with Crippen LogP contribution in [0.4, 0.5) is 0 Å². The first-order valence-corrected chi connectivity index (χ1v) is 8.59. The molecule has 0 radical (unpaired) electrons. The maximum absolute atomic E-state index is 6.01. The summed E-state index contributed by atoms with van der Waals surface area (Å²) in [5.41, 5.74) is -0.0317. The Hall–Kier alpha value is -1.73. The largest absolute Gasteiger partial charge is 0.443 e. The molecule has 0 saturated carbocycles. The molecule has 132 valence electrons. The van der Waals surface area contributed by atoms with Crippen LogP contribution in [0.25, 0.3) is 0 Å². The van der Waals surface area contributed by atoms with Crippen LogP contribution >= 0.6 is 0 Å². The first-order valence-electron chi connectivity index (χ1n) is 8.59. The minimum atomic E-state index is -0.0688. The van der Waals surface area contributed by atoms with Gasteiger partial charge in [-0.05, 0) is 13.8 Å². The molecule has 0 spiro atoms. The van der Waals surface area contributed by atoms with Crippen LogP contribution < -0.4 is 0 Å². The van der Waals surface area contributed by atoms with Gasteiger partial charge in [-0.15, -0.1) is 10.2 Å². The van der Waals surface area contributed by atoms with E-state index in [1.54, 1.807) is 6.33 Å². The zero-order valence-electron chi connectivity index (χ0n) is 15.2. The van der Waals surface area contributed by atoms with Crippen LogP contribution in [-0.2, 0) is 16.7 Å². The van der Waals surface area contributed by atoms with E-state index >= 15 is 0 Å². The molecule has 0 amide bonds. The SMILES string of the molecule is CCn1cnnc1[C@H]1CN([C@@H](C)c2ncc(C(C)(C)C)o2)CCO1. The third kappa shape index (κ3) is 3.37. The van der Waals surface area contributed by atoms with E-state index in [0.29, 0.717) is 6.61 Å². The van der Waals surface area contributed by atoms with Gasteiger partial charge in [-0.1, -0.05) is 20.8 Å². The van der Waals surface area contributed by atoms with Gasteiger partial charge < -0.3 is 13.7 Å². The van der Waals surface area contributed by atoms with Crippen LogP contribution in [0, 0.1) is 0 Å². The first kappa shape index (κ1) is 17.1. The maximum Gasteiger partial charge on any atom is 0.211 e. The molecule has 7 heteroatoms. The van der Waals surface area contributed by atoms with Gasteiger partial charge in [0.25, 0.3) is 0 Å². The molecule has 0 aliphatic carbocycles. The van der Waals surface area contributed by atoms with Gasteiger partial charge in [0.2, 0.25) is 5.89 Å². The maximum atomic E-state index is 6.01. The van der Waals surface area contributed by atoms with Crippen LogP contribution in [0.5, 0.6) is 0 Å². The number of ether oxygens (including phenoxy) is 1. The lowest BCUT2D eigenvalue weighted by molar-refractivity contribution is -0.0519. The molecule has 0 aromatic carbocycles. The Morgan fingerprint density at radius 1 is 1.38 bits per heavy atom. The van der Waals surface area contributed by atoms with E-state index in [0.717, 1.165) is 37.1 Å². The van der Waals surface area contributed by atoms with Crippen molar-refractivity contribution < 1.29 is 9.15 Å². The molecule has 24 heavy (non-hydrogen) atoms. The Morgan fingerprint density at radius 3 is 2.83 bits per heavy atom. The fourth-order valence-corrected chi connectivity index (χ4v) is 2.92. The van der Waals surface area contributed by atoms with E-state index in [2.05, 4.69) is 54.7 Å². The standard InChI is InChI=1S/C17H27N5O2/c1-6-21-11-19-20-15(21)13-10-22(7-8-23-13)12(2)16-18-9-14(24-16)17(3,4)5/h9,11-13H,6-8,10H2,1-5H3/t12-,13+/m0/s1. The molecule has 2 atom stereocenters. The summed E-state index contributed by atoms with van der Waals surface area (Å²) in [4.78, 5) is 6.83. The number of morpholine rings is 1. The minimum Gasteiger partial charge on any atom is -0.443 e. The molecule has 1 aliphatic rings. The van der Waals surface area contributed by atoms with Crippen molar-refractivity contribution >= 4 is 0 Å². The van der Waals surface area contributed by atoms with Gasteiger partial charge in [-0.2, -0.15) is 0 Å². The monoisotopic (exact) mass is 333 g/mol. The van der Waals surface area contributed by atoms with Crippen LogP contribution in [-0.4, -0.2) is 44.3 Å². The number of aromatic nitrogens is 4. The van der Waals surface area contributed by atoms with E-state index in [1.807, 2.05) is 10.8 Å². The highest BCUT2D eigenvalue weighted by atomic mass is 16.5. The van der Waals surface area contributed by atoms with Gasteiger partial charge in [0.1, 0.15) is 18.2 Å². The zero-order chi connectivity index (χ0) is 17.3. The fraction of sp³-hybridized carbons (Fsp3) is 0.706. The van der Waals surface area contributed by atoms with Crippen molar-refractivity contribution in [1.82, 2.24) is 24.6 Å². The summed E-state index contributed by atoms with van der Waals surface area (Å²) in [7, 11) is 0. The fourth-order valence-electron chi connectivity index (χ4n) is 2.92. The van der Waals surface area contributed by atoms with Crippen LogP contribution in [0.1, 0.15) is 64.2 Å². The molecule has 0 bridgehead atoms. The van der Waals surface area contributed by atoms with Crippen LogP contribution in [0.2, 0.25) is 0 Å². The second-order valence-corrected chi connectivity index (χ2v) is 7.32. The van der Waals surface area contributed by atoms with Gasteiger partial charge in [0, 0.05) is 25.0 Å². The number of hydrogen-bond donors (Lipinski definition) is 0. The average molecular weight is 333 g/mol. The number of hydrogen-bond acceptors (Lipinski definition) is 6. The molecule has 1 aliphatic heterocycles. The molecule has 7 nitrogen and oxygen atoms in total. The highest BCUT2D eigenvalue weighted by Crippen LogP contribution is 2.30. The Balaban J connectivity index is 1.73. The summed E-state index contributed by atoms with van der Waals surface area (Å²) < 4.78 is 14.0. The van der Waals surface area contributed by atoms with E-state index in [1.165, 1.54) is 0 Å². The molecular weight excluding hydrogens is 306 g/mol. The van der Waals surface area contributed by atoms with Gasteiger partial charge >= 0.3 is 0 Å². The lowest BCUT2D eigenvalue weighted by Gasteiger charge is -2.35. The van der Waals surface area contributed by atoms with Crippen molar-refractivity contribution in [2.45, 2.75) is 58.7 Å². The summed E-state index contributed by atoms with van der Waals surface area (Å²) in [5, 5.41) is 8.25. The predicted octanol–water partition coefficient (Wildman–Crippen LogP) is 2.72. The molecule has 1 fully saturated rings. The summed E-state index contributed by atoms with van der Waals surface area (Å²) in [6.07, 6.45) is 3.53. The number of rotatable bonds is 4. The van der Waals surface area contributed by atoms with Crippen molar-refractivity contribution in [3.8, 4) is 0 Å². The summed E-state index contributed by atoms with van der Waals surface area (Å²) >= 11 is 0. The van der Waals surface area contributed by atoms with Gasteiger partial charge in [0.15, 0.2) is 5.82 Å². The summed E-state index contributed by atoms with van der Waals surface area (Å²) in [6.45, 7) is 13.7. The third-order valence-corrected chi connectivity index (χ3v) is 4.54. The van der Waals surface area contributed by atoms with Gasteiger partial charge in [0.05, 0.1) is 18.8 Å². The predicted molar refractivity (Wildman–Crippen MR) is 89.6 cm³/mol. The molecule has 2 aromatic rings. The number of oxazole rings is 1. The van der Waals surface area contributed by atoms with E-state index < -0.39 is 0 Å². The molecule has 0 unspecified atom stereocenters. The smallest absolute Gasteiger partial charge is 0.211 e. The Bertz CT molecular complexity index is 673. The quantitative estimate of drug-likeness (QED) is 0.857. The first-order chi connectivity index (χ1) is 11.4. The highest BCUT2D eigenvalue weighted by Gasteiger charge is 2.31. The van der Waals surface area contributed by atoms with Gasteiger partial charge in [-0.3, -0.25) is 4.90 Å². The van der Waals surface area contributed by atoms with Crippen LogP contribution in [0.15, 0.2) is 16.9 Å². The van der Waals surface area contributed by atoms with Crippen molar-refractivity contribution in [3.05, 3.63) is 30.0 Å². The third-order valence-electron chi connectivity index (χ3n) is 4.54. The number of nitrogens with zero attached hydrogens (tertiary/aromatic N) is 5. The Morgan fingerprint density at radius 2 is 2.17 bits per heavy atom. The summed E-state index contributed by atoms with van der Waals surface area (Å²) in [6, 6.07) is 0.102. The topological polar surface area (TPSA) is 69.2 Å². The van der Waals surface area contributed by atoms with E-state index in [9.17, 15) is 0 Å². The highest BCUT2D eigenvalue weighted by molar-refractivity contribution is 5.08. The molecule has 2 aromatic heterocycles. The molecule has 3 heterocycles. The molecule has 1 saturated heterocycles.